The summed E-state index contributed by atoms with van der Waals surface area (Å²) in [5, 5.41) is 10.00. The zero-order valence-electron chi connectivity index (χ0n) is 7.03. The number of hydrogen-bond acceptors (Lipinski definition) is 0. The molecule has 0 unspecified atom stereocenters. The summed E-state index contributed by atoms with van der Waals surface area (Å²) in [6.07, 6.45) is 1.49. The monoisotopic (exact) mass is 155 g/mol. The summed E-state index contributed by atoms with van der Waals surface area (Å²) in [6.45, 7) is 6.63. The quantitative estimate of drug-likeness (QED) is 0.330. The van der Waals surface area contributed by atoms with Crippen LogP contribution in [-0.4, -0.2) is 14.7 Å². The van der Waals surface area contributed by atoms with Gasteiger partial charge in [-0.3, -0.25) is 0 Å². The summed E-state index contributed by atoms with van der Waals surface area (Å²) in [5.41, 5.74) is 3.21. The molecule has 0 aromatic carbocycles. The van der Waals surface area contributed by atoms with Crippen LogP contribution in [0.3, 0.4) is 0 Å². The van der Waals surface area contributed by atoms with E-state index >= 15 is 0 Å². The zero-order chi connectivity index (χ0) is 8.04. The van der Waals surface area contributed by atoms with E-state index in [1.807, 2.05) is 0 Å². The van der Waals surface area contributed by atoms with E-state index in [1.54, 1.807) is 0 Å². The first kappa shape index (κ1) is 9.74. The number of unbranched alkanes of at least 4 members (excludes halogenated alkanes) is 1. The van der Waals surface area contributed by atoms with Gasteiger partial charge in [-0.05, 0) is 6.42 Å². The molecule has 0 aliphatic rings. The second-order valence-corrected chi connectivity index (χ2v) is 8.11. The largest absolute Gasteiger partial charge is 0.237 e. The third-order valence-electron chi connectivity index (χ3n) is 0.910. The van der Waals surface area contributed by atoms with E-state index in [0.29, 0.717) is 6.42 Å². The van der Waals surface area contributed by atoms with E-state index in [2.05, 4.69) is 31.1 Å². The second kappa shape index (κ2) is 4.54. The number of rotatable bonds is 2. The maximum atomic E-state index is 10.00. The molecule has 0 aliphatic heterocycles. The standard InChI is InChI=1S/C8H15OSi/c1-10(2,3)8-6-4-5-7-9/h4-5,7H2,1-3H3. The molecule has 0 aromatic rings. The lowest BCUT2D eigenvalue weighted by Crippen LogP contribution is -2.16. The van der Waals surface area contributed by atoms with Crippen molar-refractivity contribution in [3.05, 3.63) is 0 Å². The lowest BCUT2D eigenvalue weighted by molar-refractivity contribution is 0.190. The van der Waals surface area contributed by atoms with Crippen LogP contribution in [0.25, 0.3) is 0 Å². The molecule has 0 amide bonds. The maximum Gasteiger partial charge on any atom is 0.129 e. The summed E-state index contributed by atoms with van der Waals surface area (Å²) in [4.78, 5) is 0. The van der Waals surface area contributed by atoms with Gasteiger partial charge in [-0.15, -0.1) is 11.5 Å². The van der Waals surface area contributed by atoms with Crippen LogP contribution < -0.4 is 0 Å². The Kier molecular flexibility index (Phi) is 4.42. The Hall–Kier alpha value is -0.263. The van der Waals surface area contributed by atoms with Gasteiger partial charge in [0.2, 0.25) is 0 Å². The van der Waals surface area contributed by atoms with Crippen molar-refractivity contribution in [3.8, 4) is 11.5 Å². The Balaban J connectivity index is 3.50. The first-order valence-electron chi connectivity index (χ1n) is 3.64. The molecule has 0 spiro atoms. The molecular weight excluding hydrogens is 140 g/mol. The van der Waals surface area contributed by atoms with Crippen molar-refractivity contribution in [2.75, 3.05) is 6.61 Å². The molecule has 57 valence electrons. The minimum atomic E-state index is -1.17. The average molecular weight is 155 g/mol. The summed E-state index contributed by atoms with van der Waals surface area (Å²) in [7, 11) is -1.17. The summed E-state index contributed by atoms with van der Waals surface area (Å²) in [5.74, 6) is 3.04. The topological polar surface area (TPSA) is 19.9 Å². The molecule has 1 nitrogen and oxygen atoms in total. The van der Waals surface area contributed by atoms with E-state index in [1.165, 1.54) is 0 Å². The van der Waals surface area contributed by atoms with Crippen LogP contribution >= 0.6 is 0 Å². The Morgan fingerprint density at radius 2 is 1.90 bits per heavy atom. The highest BCUT2D eigenvalue weighted by Crippen LogP contribution is 1.96. The first-order valence-corrected chi connectivity index (χ1v) is 7.14. The van der Waals surface area contributed by atoms with Gasteiger partial charge in [0.1, 0.15) is 8.07 Å². The number of hydrogen-bond donors (Lipinski definition) is 0. The molecule has 0 aromatic heterocycles. The molecule has 0 bridgehead atoms. The minimum Gasteiger partial charge on any atom is -0.237 e. The highest BCUT2D eigenvalue weighted by atomic mass is 28.3. The van der Waals surface area contributed by atoms with Crippen molar-refractivity contribution in [2.24, 2.45) is 0 Å². The van der Waals surface area contributed by atoms with Gasteiger partial charge >= 0.3 is 0 Å². The van der Waals surface area contributed by atoms with E-state index < -0.39 is 8.07 Å². The van der Waals surface area contributed by atoms with Crippen molar-refractivity contribution in [2.45, 2.75) is 32.5 Å². The van der Waals surface area contributed by atoms with Crippen LogP contribution in [0.4, 0.5) is 0 Å². The Morgan fingerprint density at radius 1 is 1.30 bits per heavy atom. The highest BCUT2D eigenvalue weighted by molar-refractivity contribution is 6.83. The summed E-state index contributed by atoms with van der Waals surface area (Å²) >= 11 is 0. The smallest absolute Gasteiger partial charge is 0.129 e. The van der Waals surface area contributed by atoms with Crippen molar-refractivity contribution in [1.29, 1.82) is 0 Å². The van der Waals surface area contributed by atoms with Crippen molar-refractivity contribution in [1.82, 2.24) is 0 Å². The average Bonchev–Trinajstić information content (AvgIpc) is 1.78. The molecule has 0 aliphatic carbocycles. The third-order valence-corrected chi connectivity index (χ3v) is 1.84. The van der Waals surface area contributed by atoms with Crippen LogP contribution in [0, 0.1) is 11.5 Å². The van der Waals surface area contributed by atoms with Crippen LogP contribution in [-0.2, 0) is 5.11 Å². The van der Waals surface area contributed by atoms with Gasteiger partial charge in [-0.1, -0.05) is 19.6 Å². The van der Waals surface area contributed by atoms with E-state index in [9.17, 15) is 5.11 Å². The normalized spacial score (nSPS) is 10.4. The maximum absolute atomic E-state index is 10.00. The van der Waals surface area contributed by atoms with Crippen molar-refractivity contribution in [3.63, 3.8) is 0 Å². The lowest BCUT2D eigenvalue weighted by Gasteiger charge is -2.02. The van der Waals surface area contributed by atoms with E-state index in [-0.39, 0.29) is 6.61 Å². The molecule has 10 heavy (non-hydrogen) atoms. The summed E-state index contributed by atoms with van der Waals surface area (Å²) < 4.78 is 0. The molecular formula is C8H15OSi. The molecule has 1 radical (unpaired) electrons. The molecule has 0 heterocycles. The third kappa shape index (κ3) is 7.74. The zero-order valence-corrected chi connectivity index (χ0v) is 8.03. The van der Waals surface area contributed by atoms with Gasteiger partial charge in [-0.2, -0.15) is 0 Å². The molecule has 0 saturated heterocycles. The molecule has 2 heteroatoms. The van der Waals surface area contributed by atoms with Crippen LogP contribution in [0.2, 0.25) is 19.6 Å². The fourth-order valence-electron chi connectivity index (χ4n) is 0.488. The van der Waals surface area contributed by atoms with Gasteiger partial charge in [0, 0.05) is 6.42 Å². The summed E-state index contributed by atoms with van der Waals surface area (Å²) in [6, 6.07) is 0. The first-order chi connectivity index (χ1) is 4.56. The fraction of sp³-hybridized carbons (Fsp3) is 0.750. The van der Waals surface area contributed by atoms with E-state index in [0.717, 1.165) is 6.42 Å². The van der Waals surface area contributed by atoms with Gasteiger partial charge in [-0.25, -0.2) is 5.11 Å². The van der Waals surface area contributed by atoms with Crippen LogP contribution in [0.15, 0.2) is 0 Å². The Labute approximate surface area is 64.5 Å². The van der Waals surface area contributed by atoms with Gasteiger partial charge in [0.15, 0.2) is 0 Å². The lowest BCUT2D eigenvalue weighted by atomic mass is 10.3. The fourth-order valence-corrected chi connectivity index (χ4v) is 1.14. The van der Waals surface area contributed by atoms with Crippen molar-refractivity contribution >= 4 is 8.07 Å². The van der Waals surface area contributed by atoms with Gasteiger partial charge in [0.05, 0.1) is 6.61 Å². The van der Waals surface area contributed by atoms with E-state index in [4.69, 9.17) is 0 Å². The predicted molar refractivity (Wildman–Crippen MR) is 45.9 cm³/mol. The van der Waals surface area contributed by atoms with Gasteiger partial charge in [0.25, 0.3) is 0 Å². The highest BCUT2D eigenvalue weighted by Gasteiger charge is 2.06. The molecule has 0 rings (SSSR count). The van der Waals surface area contributed by atoms with Crippen LogP contribution in [0.1, 0.15) is 12.8 Å². The Bertz CT molecular complexity index is 136. The molecule has 0 atom stereocenters. The molecule has 0 fully saturated rings. The molecule has 0 saturated carbocycles. The Morgan fingerprint density at radius 3 is 2.30 bits per heavy atom. The SMILES string of the molecule is C[Si](C)(C)C#CCCC[O]. The van der Waals surface area contributed by atoms with Crippen molar-refractivity contribution < 1.29 is 5.11 Å². The predicted octanol–water partition coefficient (Wildman–Crippen LogP) is 2.08. The minimum absolute atomic E-state index is 0.0143. The van der Waals surface area contributed by atoms with Gasteiger partial charge < -0.3 is 0 Å². The second-order valence-electron chi connectivity index (χ2n) is 3.36. The van der Waals surface area contributed by atoms with Crippen LogP contribution in [0.5, 0.6) is 0 Å². The molecule has 0 N–H and O–H groups in total.